The number of fused-ring (bicyclic) bond motifs is 2. The Bertz CT molecular complexity index is 1410. The number of nitrogens with one attached hydrogen (secondary N) is 1. The van der Waals surface area contributed by atoms with Gasteiger partial charge in [-0.1, -0.05) is 30.3 Å². The summed E-state index contributed by atoms with van der Waals surface area (Å²) in [5.41, 5.74) is 4.69. The molecular weight excluding hydrogens is 456 g/mol. The van der Waals surface area contributed by atoms with Gasteiger partial charge in [0.1, 0.15) is 17.2 Å². The summed E-state index contributed by atoms with van der Waals surface area (Å²) < 4.78 is 34.0. The van der Waals surface area contributed by atoms with Crippen LogP contribution in [0.15, 0.2) is 66.9 Å². The van der Waals surface area contributed by atoms with Crippen molar-refractivity contribution in [3.8, 4) is 6.07 Å². The minimum absolute atomic E-state index is 0.217. The lowest BCUT2D eigenvalue weighted by Gasteiger charge is -2.31. The molecule has 5 rings (SSSR count). The Morgan fingerprint density at radius 2 is 1.86 bits per heavy atom. The molecule has 36 heavy (non-hydrogen) atoms. The molecule has 2 heterocycles. The zero-order chi connectivity index (χ0) is 25.1. The highest BCUT2D eigenvalue weighted by molar-refractivity contribution is 5.83. The molecule has 0 saturated carbocycles. The van der Waals surface area contributed by atoms with Crippen LogP contribution < -0.4 is 0 Å². The molecule has 1 aliphatic rings. The molecule has 1 unspecified atom stereocenters. The van der Waals surface area contributed by atoms with Crippen LogP contribution in [-0.2, 0) is 23.4 Å². The van der Waals surface area contributed by atoms with Gasteiger partial charge in [0.2, 0.25) is 0 Å². The maximum absolute atomic E-state index is 13.9. The number of aromatic amines is 1. The summed E-state index contributed by atoms with van der Waals surface area (Å²) in [5.74, 6) is -0.491. The summed E-state index contributed by atoms with van der Waals surface area (Å²) in [5, 5.41) is 10.2. The summed E-state index contributed by atoms with van der Waals surface area (Å²) >= 11 is 0. The minimum Gasteiger partial charge on any atom is -0.361 e. The third-order valence-corrected chi connectivity index (χ3v) is 7.26. The first-order valence-electron chi connectivity index (χ1n) is 12.4. The highest BCUT2D eigenvalue weighted by Gasteiger charge is 2.41. The number of H-pyrrole nitrogens is 1. The first-order valence-corrected chi connectivity index (χ1v) is 12.4. The molecule has 0 fully saturated rings. The van der Waals surface area contributed by atoms with Crippen LogP contribution in [0.2, 0.25) is 0 Å². The number of hydrogen-bond acceptors (Lipinski definition) is 3. The molecule has 0 spiro atoms. The average Bonchev–Trinajstić information content (AvgIpc) is 3.47. The number of halogens is 2. The fraction of sp³-hybridized carbons (Fsp3) is 0.300. The molecule has 0 bridgehead atoms. The Hall–Kier alpha value is -3.53. The van der Waals surface area contributed by atoms with Crippen molar-refractivity contribution in [1.29, 1.82) is 5.26 Å². The number of para-hydroxylation sites is 1. The third-order valence-electron chi connectivity index (χ3n) is 7.26. The van der Waals surface area contributed by atoms with Gasteiger partial charge in [-0.2, -0.15) is 5.26 Å². The van der Waals surface area contributed by atoms with E-state index >= 15 is 0 Å². The normalized spacial score (nSPS) is 17.0. The van der Waals surface area contributed by atoms with E-state index in [4.69, 9.17) is 4.74 Å². The number of aromatic nitrogens is 1. The summed E-state index contributed by atoms with van der Waals surface area (Å²) in [6, 6.07) is 19.6. The van der Waals surface area contributed by atoms with Crippen molar-refractivity contribution in [2.75, 3.05) is 20.1 Å². The maximum atomic E-state index is 13.9. The average molecular weight is 486 g/mol. The van der Waals surface area contributed by atoms with Gasteiger partial charge in [0.15, 0.2) is 0 Å². The second-order valence-corrected chi connectivity index (χ2v) is 9.59. The Kier molecular flexibility index (Phi) is 6.86. The van der Waals surface area contributed by atoms with Gasteiger partial charge in [0.05, 0.1) is 23.8 Å². The quantitative estimate of drug-likeness (QED) is 0.297. The molecule has 1 aliphatic heterocycles. The number of hydrogen-bond donors (Lipinski definition) is 1. The van der Waals surface area contributed by atoms with Gasteiger partial charge in [-0.3, -0.25) is 0 Å². The van der Waals surface area contributed by atoms with E-state index in [2.05, 4.69) is 23.0 Å². The van der Waals surface area contributed by atoms with E-state index < -0.39 is 5.60 Å². The first kappa shape index (κ1) is 24.2. The van der Waals surface area contributed by atoms with E-state index in [9.17, 15) is 14.0 Å². The van der Waals surface area contributed by atoms with Crippen LogP contribution >= 0.6 is 0 Å². The summed E-state index contributed by atoms with van der Waals surface area (Å²) in [6.07, 6.45) is 5.41. The van der Waals surface area contributed by atoms with Gasteiger partial charge in [0.25, 0.3) is 0 Å². The molecule has 3 aromatic carbocycles. The van der Waals surface area contributed by atoms with Crippen molar-refractivity contribution in [2.24, 2.45) is 0 Å². The molecule has 0 aliphatic carbocycles. The topological polar surface area (TPSA) is 52.0 Å². The number of nitriles is 1. The molecule has 4 aromatic rings. The molecule has 1 atom stereocenters. The van der Waals surface area contributed by atoms with Gasteiger partial charge < -0.3 is 14.6 Å². The van der Waals surface area contributed by atoms with E-state index in [1.54, 1.807) is 18.2 Å². The zero-order valence-corrected chi connectivity index (χ0v) is 20.4. The van der Waals surface area contributed by atoms with Crippen molar-refractivity contribution in [2.45, 2.75) is 37.9 Å². The number of aryl methyl sites for hydroxylation is 1. The van der Waals surface area contributed by atoms with Crippen LogP contribution in [0.1, 0.15) is 47.1 Å². The lowest BCUT2D eigenvalue weighted by atomic mass is 9.81. The lowest BCUT2D eigenvalue weighted by molar-refractivity contribution is -0.0142. The van der Waals surface area contributed by atoms with Gasteiger partial charge in [-0.15, -0.1) is 0 Å². The van der Waals surface area contributed by atoms with E-state index in [1.807, 2.05) is 30.5 Å². The molecule has 0 radical (unpaired) electrons. The molecule has 184 valence electrons. The Balaban J connectivity index is 1.23. The van der Waals surface area contributed by atoms with Crippen molar-refractivity contribution < 1.29 is 13.5 Å². The van der Waals surface area contributed by atoms with E-state index in [-0.39, 0.29) is 11.6 Å². The predicted molar refractivity (Wildman–Crippen MR) is 136 cm³/mol. The molecule has 6 heteroatoms. The molecule has 0 saturated heterocycles. The number of benzene rings is 3. The van der Waals surface area contributed by atoms with Gasteiger partial charge in [-0.05, 0) is 98.4 Å². The SMILES string of the molecule is CN(CCCc1c[nH]c2c(F)cccc12)CCCC1(c2ccc(F)cc2)OCc2cc(C#N)ccc21. The minimum atomic E-state index is -0.647. The van der Waals surface area contributed by atoms with Gasteiger partial charge in [0, 0.05) is 11.6 Å². The standard InChI is InChI=1S/C30H29F2N3O/c1-35(15-3-5-22-19-34-29-26(22)6-2-7-28(29)32)16-4-14-30(24-9-11-25(31)12-10-24)27-13-8-21(18-33)17-23(27)20-36-30/h2,6-13,17,19,34H,3-5,14-16,20H2,1H3. The van der Waals surface area contributed by atoms with Crippen molar-refractivity contribution >= 4 is 10.9 Å². The summed E-state index contributed by atoms with van der Waals surface area (Å²) in [7, 11) is 2.11. The van der Waals surface area contributed by atoms with E-state index in [1.165, 1.54) is 18.2 Å². The summed E-state index contributed by atoms with van der Waals surface area (Å²) in [6.45, 7) is 2.25. The monoisotopic (exact) mass is 485 g/mol. The number of rotatable bonds is 9. The molecular formula is C30H29F2N3O. The van der Waals surface area contributed by atoms with Crippen LogP contribution in [-0.4, -0.2) is 30.0 Å². The Labute approximate surface area is 210 Å². The largest absolute Gasteiger partial charge is 0.361 e. The van der Waals surface area contributed by atoms with E-state index in [0.29, 0.717) is 17.7 Å². The molecule has 1 aromatic heterocycles. The second kappa shape index (κ2) is 10.2. The highest BCUT2D eigenvalue weighted by atomic mass is 19.1. The van der Waals surface area contributed by atoms with Gasteiger partial charge >= 0.3 is 0 Å². The van der Waals surface area contributed by atoms with Crippen molar-refractivity contribution in [3.63, 3.8) is 0 Å². The van der Waals surface area contributed by atoms with Crippen molar-refractivity contribution in [3.05, 3.63) is 106 Å². The van der Waals surface area contributed by atoms with Crippen LogP contribution in [0.4, 0.5) is 8.78 Å². The van der Waals surface area contributed by atoms with Gasteiger partial charge in [-0.25, -0.2) is 8.78 Å². The fourth-order valence-corrected chi connectivity index (χ4v) is 5.40. The Morgan fingerprint density at radius 3 is 2.67 bits per heavy atom. The maximum Gasteiger partial charge on any atom is 0.147 e. The van der Waals surface area contributed by atoms with E-state index in [0.717, 1.165) is 66.4 Å². The fourth-order valence-electron chi connectivity index (χ4n) is 5.40. The first-order chi connectivity index (χ1) is 17.5. The molecule has 0 amide bonds. The number of ether oxygens (including phenoxy) is 1. The zero-order valence-electron chi connectivity index (χ0n) is 20.4. The molecule has 1 N–H and O–H groups in total. The lowest BCUT2D eigenvalue weighted by Crippen LogP contribution is -2.29. The number of nitrogens with zero attached hydrogens (tertiary/aromatic N) is 2. The van der Waals surface area contributed by atoms with Crippen LogP contribution in [0, 0.1) is 23.0 Å². The smallest absolute Gasteiger partial charge is 0.147 e. The predicted octanol–water partition coefficient (Wildman–Crippen LogP) is 6.44. The third kappa shape index (κ3) is 4.65. The molecule has 4 nitrogen and oxygen atoms in total. The Morgan fingerprint density at radius 1 is 1.06 bits per heavy atom. The van der Waals surface area contributed by atoms with Crippen LogP contribution in [0.5, 0.6) is 0 Å². The van der Waals surface area contributed by atoms with Crippen LogP contribution in [0.25, 0.3) is 10.9 Å². The van der Waals surface area contributed by atoms with Crippen molar-refractivity contribution in [1.82, 2.24) is 9.88 Å². The second-order valence-electron chi connectivity index (χ2n) is 9.59. The van der Waals surface area contributed by atoms with Crippen LogP contribution in [0.3, 0.4) is 0 Å². The summed E-state index contributed by atoms with van der Waals surface area (Å²) in [4.78, 5) is 5.36. The highest BCUT2D eigenvalue weighted by Crippen LogP contribution is 2.45.